The van der Waals surface area contributed by atoms with Crippen molar-refractivity contribution in [3.8, 4) is 23.0 Å². The number of benzene rings is 2. The first-order valence-electron chi connectivity index (χ1n) is 8.84. The smallest absolute Gasteiger partial charge is 0.231 e. The zero-order valence-electron chi connectivity index (χ0n) is 15.9. The van der Waals surface area contributed by atoms with Crippen LogP contribution < -0.4 is 18.9 Å². The number of ether oxygens (including phenoxy) is 4. The van der Waals surface area contributed by atoms with Gasteiger partial charge in [-0.05, 0) is 58.3 Å². The maximum absolute atomic E-state index is 13.2. The number of likely N-dealkylation sites (N-methyl/N-ethyl adjacent to an activating group) is 1. The highest BCUT2D eigenvalue weighted by Crippen LogP contribution is 2.51. The molecule has 0 N–H and O–H groups in total. The first-order valence-corrected chi connectivity index (χ1v) is 9.64. The zero-order valence-corrected chi connectivity index (χ0v) is 17.5. The maximum atomic E-state index is 13.2. The summed E-state index contributed by atoms with van der Waals surface area (Å²) in [5, 5.41) is 0. The third-order valence-corrected chi connectivity index (χ3v) is 5.87. The van der Waals surface area contributed by atoms with Gasteiger partial charge in [-0.1, -0.05) is 0 Å². The van der Waals surface area contributed by atoms with E-state index in [1.807, 2.05) is 18.0 Å². The van der Waals surface area contributed by atoms with Crippen molar-refractivity contribution in [1.29, 1.82) is 0 Å². The van der Waals surface area contributed by atoms with Crippen molar-refractivity contribution < 1.29 is 23.7 Å². The molecule has 0 saturated carbocycles. The lowest BCUT2D eigenvalue weighted by molar-refractivity contribution is 0.100. The Kier molecular flexibility index (Phi) is 4.93. The van der Waals surface area contributed by atoms with E-state index in [1.165, 1.54) is 0 Å². The Hall–Kier alpha value is -2.67. The average molecular weight is 446 g/mol. The van der Waals surface area contributed by atoms with Gasteiger partial charge in [0.1, 0.15) is 5.75 Å². The van der Waals surface area contributed by atoms with Gasteiger partial charge in [-0.3, -0.25) is 4.79 Å². The summed E-state index contributed by atoms with van der Waals surface area (Å²) in [6, 6.07) is 7.12. The van der Waals surface area contributed by atoms with Gasteiger partial charge >= 0.3 is 0 Å². The van der Waals surface area contributed by atoms with E-state index >= 15 is 0 Å². The highest BCUT2D eigenvalue weighted by molar-refractivity contribution is 9.10. The average Bonchev–Trinajstić information content (AvgIpc) is 3.14. The molecule has 7 heteroatoms. The summed E-state index contributed by atoms with van der Waals surface area (Å²) in [6.45, 7) is 0.830. The molecule has 0 aliphatic carbocycles. The van der Waals surface area contributed by atoms with Crippen LogP contribution in [0.5, 0.6) is 23.0 Å². The fourth-order valence-electron chi connectivity index (χ4n) is 3.50. The third kappa shape index (κ3) is 2.99. The largest absolute Gasteiger partial charge is 0.497 e. The van der Waals surface area contributed by atoms with E-state index in [0.717, 1.165) is 22.0 Å². The predicted molar refractivity (Wildman–Crippen MR) is 108 cm³/mol. The van der Waals surface area contributed by atoms with Gasteiger partial charge in [0, 0.05) is 24.7 Å². The van der Waals surface area contributed by atoms with E-state index < -0.39 is 0 Å². The number of Topliss-reactive ketones (excluding diaryl/α,β-unsaturated/α-hetero) is 1. The van der Waals surface area contributed by atoms with Gasteiger partial charge in [0.05, 0.1) is 24.4 Å². The first kappa shape index (κ1) is 18.7. The number of fused-ring (bicyclic) bond motifs is 2. The Morgan fingerprint density at radius 2 is 1.82 bits per heavy atom. The van der Waals surface area contributed by atoms with E-state index in [0.29, 0.717) is 40.8 Å². The van der Waals surface area contributed by atoms with E-state index in [2.05, 4.69) is 15.9 Å². The minimum atomic E-state index is -0.0613. The number of allylic oxidation sites excluding steroid dienone is 1. The van der Waals surface area contributed by atoms with Crippen LogP contribution in [0.2, 0.25) is 0 Å². The lowest BCUT2D eigenvalue weighted by Gasteiger charge is -2.19. The number of carbonyl (C=O) groups is 1. The summed E-state index contributed by atoms with van der Waals surface area (Å²) in [5.41, 5.74) is 3.06. The molecule has 4 rings (SSSR count). The third-order valence-electron chi connectivity index (χ3n) is 5.03. The molecule has 2 aliphatic rings. The van der Waals surface area contributed by atoms with Crippen molar-refractivity contribution in [3.05, 3.63) is 51.1 Å². The monoisotopic (exact) mass is 445 g/mol. The molecule has 0 radical (unpaired) electrons. The maximum Gasteiger partial charge on any atom is 0.231 e. The molecule has 2 aromatic rings. The fourth-order valence-corrected chi connectivity index (χ4v) is 4.21. The van der Waals surface area contributed by atoms with Gasteiger partial charge in [0.25, 0.3) is 0 Å². The molecule has 2 aliphatic heterocycles. The molecule has 0 fully saturated rings. The molecule has 6 nitrogen and oxygen atoms in total. The van der Waals surface area contributed by atoms with E-state index in [-0.39, 0.29) is 12.6 Å². The SMILES string of the molecule is COc1ccc(C(=O)C2=Cc3c(c(Br)c4c(c3OC)OCO4)CCN2C)cc1. The normalized spacial score (nSPS) is 14.9. The molecule has 0 spiro atoms. The van der Waals surface area contributed by atoms with Crippen molar-refractivity contribution in [2.24, 2.45) is 0 Å². The number of rotatable bonds is 4. The molecule has 0 unspecified atom stereocenters. The van der Waals surface area contributed by atoms with Crippen LogP contribution in [-0.4, -0.2) is 45.3 Å². The van der Waals surface area contributed by atoms with Crippen molar-refractivity contribution >= 4 is 27.8 Å². The summed E-state index contributed by atoms with van der Waals surface area (Å²) in [5.74, 6) is 2.44. The molecule has 2 aromatic carbocycles. The second kappa shape index (κ2) is 7.39. The van der Waals surface area contributed by atoms with Gasteiger partial charge in [-0.2, -0.15) is 0 Å². The van der Waals surface area contributed by atoms with Crippen LogP contribution in [0, 0.1) is 0 Å². The van der Waals surface area contributed by atoms with Crippen LogP contribution in [0.15, 0.2) is 34.4 Å². The second-order valence-corrected chi connectivity index (χ2v) is 7.36. The molecular formula is C21H20BrNO5. The zero-order chi connectivity index (χ0) is 19.8. The number of carbonyl (C=O) groups excluding carboxylic acids is 1. The molecule has 0 atom stereocenters. The Morgan fingerprint density at radius 1 is 1.11 bits per heavy atom. The van der Waals surface area contributed by atoms with E-state index in [4.69, 9.17) is 18.9 Å². The number of halogens is 1. The van der Waals surface area contributed by atoms with Gasteiger partial charge in [-0.15, -0.1) is 0 Å². The van der Waals surface area contributed by atoms with Gasteiger partial charge in [0.15, 0.2) is 11.5 Å². The Morgan fingerprint density at radius 3 is 2.50 bits per heavy atom. The Bertz CT molecular complexity index is 968. The molecule has 28 heavy (non-hydrogen) atoms. The topological polar surface area (TPSA) is 57.2 Å². The van der Waals surface area contributed by atoms with Crippen molar-refractivity contribution in [2.45, 2.75) is 6.42 Å². The Balaban J connectivity index is 1.84. The number of hydrogen-bond acceptors (Lipinski definition) is 6. The lowest BCUT2D eigenvalue weighted by atomic mass is 10.0. The van der Waals surface area contributed by atoms with Crippen molar-refractivity contribution in [3.63, 3.8) is 0 Å². The standard InChI is InChI=1S/C21H20BrNO5/c1-23-9-8-14-15(19(26-3)21-20(17(14)22)27-11-28-21)10-16(23)18(24)12-4-6-13(25-2)7-5-12/h4-7,10H,8-9,11H2,1-3H3. The summed E-state index contributed by atoms with van der Waals surface area (Å²) in [6.07, 6.45) is 2.61. The van der Waals surface area contributed by atoms with Gasteiger partial charge < -0.3 is 23.8 Å². The van der Waals surface area contributed by atoms with Crippen molar-refractivity contribution in [1.82, 2.24) is 4.90 Å². The lowest BCUT2D eigenvalue weighted by Crippen LogP contribution is -2.24. The molecule has 146 valence electrons. The molecule has 0 bridgehead atoms. The molecule has 2 heterocycles. The van der Waals surface area contributed by atoms with E-state index in [9.17, 15) is 4.79 Å². The summed E-state index contributed by atoms with van der Waals surface area (Å²) in [4.78, 5) is 15.2. The minimum absolute atomic E-state index is 0.0613. The van der Waals surface area contributed by atoms with E-state index in [1.54, 1.807) is 38.5 Å². The summed E-state index contributed by atoms with van der Waals surface area (Å²) >= 11 is 3.65. The highest BCUT2D eigenvalue weighted by atomic mass is 79.9. The highest BCUT2D eigenvalue weighted by Gasteiger charge is 2.31. The molecular weight excluding hydrogens is 426 g/mol. The predicted octanol–water partition coefficient (Wildman–Crippen LogP) is 3.91. The molecule has 0 amide bonds. The summed E-state index contributed by atoms with van der Waals surface area (Å²) in [7, 11) is 5.11. The van der Waals surface area contributed by atoms with Crippen LogP contribution in [-0.2, 0) is 6.42 Å². The van der Waals surface area contributed by atoms with Crippen LogP contribution in [0.25, 0.3) is 6.08 Å². The van der Waals surface area contributed by atoms with Gasteiger partial charge in [-0.25, -0.2) is 0 Å². The van der Waals surface area contributed by atoms with Gasteiger partial charge in [0.2, 0.25) is 18.3 Å². The van der Waals surface area contributed by atoms with Crippen LogP contribution in [0.3, 0.4) is 0 Å². The first-order chi connectivity index (χ1) is 13.5. The Labute approximate surface area is 171 Å². The molecule has 0 aromatic heterocycles. The van der Waals surface area contributed by atoms with Crippen LogP contribution in [0.4, 0.5) is 0 Å². The number of ketones is 1. The number of hydrogen-bond donors (Lipinski definition) is 0. The van der Waals surface area contributed by atoms with Crippen LogP contribution >= 0.6 is 15.9 Å². The summed E-state index contributed by atoms with van der Waals surface area (Å²) < 4.78 is 22.9. The van der Waals surface area contributed by atoms with Crippen LogP contribution in [0.1, 0.15) is 21.5 Å². The fraction of sp³-hybridized carbons (Fsp3) is 0.286. The minimum Gasteiger partial charge on any atom is -0.497 e. The molecule has 0 saturated heterocycles. The quantitative estimate of drug-likeness (QED) is 0.665. The second-order valence-electron chi connectivity index (χ2n) is 6.56. The van der Waals surface area contributed by atoms with Crippen molar-refractivity contribution in [2.75, 3.05) is 34.6 Å². The number of nitrogens with zero attached hydrogens (tertiary/aromatic N) is 1. The number of methoxy groups -OCH3 is 2.